The van der Waals surface area contributed by atoms with Crippen molar-refractivity contribution < 1.29 is 18.9 Å². The van der Waals surface area contributed by atoms with Crippen LogP contribution in [0.1, 0.15) is 53.4 Å². The Hall–Kier alpha value is 1.32. The molecule has 0 fully saturated rings. The molecule has 0 aromatic rings. The zero-order valence-electron chi connectivity index (χ0n) is 19.3. The first-order valence-corrected chi connectivity index (χ1v) is 19.5. The van der Waals surface area contributed by atoms with Gasteiger partial charge < -0.3 is 18.9 Å². The summed E-state index contributed by atoms with van der Waals surface area (Å²) in [6, 6.07) is 5.18. The Morgan fingerprint density at radius 1 is 0.586 bits per heavy atom. The van der Waals surface area contributed by atoms with Gasteiger partial charge in [-0.3, -0.25) is 0 Å². The second-order valence-corrected chi connectivity index (χ2v) is 15.3. The fourth-order valence-electron chi connectivity index (χ4n) is 2.93. The largest absolute Gasteiger partial charge is 0.353 e. The van der Waals surface area contributed by atoms with Gasteiger partial charge in [0.25, 0.3) is 0 Å². The Balaban J connectivity index is 3.27. The molecule has 176 valence electrons. The van der Waals surface area contributed by atoms with E-state index in [9.17, 15) is 0 Å². The van der Waals surface area contributed by atoms with Gasteiger partial charge in [-0.25, -0.2) is 0 Å². The van der Waals surface area contributed by atoms with Crippen molar-refractivity contribution in [1.29, 1.82) is 0 Å². The van der Waals surface area contributed by atoms with Crippen LogP contribution in [0.4, 0.5) is 0 Å². The minimum absolute atomic E-state index is 0.0302. The lowest BCUT2D eigenvalue weighted by Crippen LogP contribution is -2.18. The summed E-state index contributed by atoms with van der Waals surface area (Å²) in [5.41, 5.74) is 0. The predicted octanol–water partition coefficient (Wildman–Crippen LogP) is 5.39. The van der Waals surface area contributed by atoms with Crippen LogP contribution in [0.3, 0.4) is 0 Å². The van der Waals surface area contributed by atoms with Gasteiger partial charge in [-0.15, -0.1) is 0 Å². The van der Waals surface area contributed by atoms with Crippen LogP contribution < -0.4 is 0 Å². The molecule has 0 amide bonds. The molecule has 0 spiro atoms. The van der Waals surface area contributed by atoms with Crippen molar-refractivity contribution in [2.24, 2.45) is 0 Å². The molecular weight excluding hydrogens is 457 g/mol. The van der Waals surface area contributed by atoms with Gasteiger partial charge in [-0.05, 0) is 62.5 Å². The monoisotopic (exact) mass is 502 g/mol. The van der Waals surface area contributed by atoms with Crippen molar-refractivity contribution in [3.8, 4) is 0 Å². The molecule has 0 N–H and O–H groups in total. The van der Waals surface area contributed by atoms with E-state index < -0.39 is 0 Å². The number of hydrogen-bond acceptors (Lipinski definition) is 7. The fraction of sp³-hybridized carbons (Fsp3) is 1.00. The quantitative estimate of drug-likeness (QED) is 0.0758. The number of unbranched alkanes of at least 4 members (excludes halogenated alkanes) is 2. The lowest BCUT2D eigenvalue weighted by molar-refractivity contribution is -0.123. The third kappa shape index (κ3) is 22.3. The van der Waals surface area contributed by atoms with Gasteiger partial charge in [0.05, 0.1) is 0 Å². The van der Waals surface area contributed by atoms with Crippen molar-refractivity contribution in [2.75, 3.05) is 37.9 Å². The Labute approximate surface area is 196 Å². The Kier molecular flexibility index (Phi) is 26.8. The molecule has 0 atom stereocenters. The van der Waals surface area contributed by atoms with Crippen molar-refractivity contribution in [1.82, 2.24) is 0 Å². The molecule has 0 aliphatic heterocycles. The summed E-state index contributed by atoms with van der Waals surface area (Å²) in [6.45, 7) is 11.2. The van der Waals surface area contributed by atoms with E-state index in [-0.39, 0.29) is 31.6 Å². The highest BCUT2D eigenvalue weighted by Crippen LogP contribution is 2.35. The van der Waals surface area contributed by atoms with Crippen LogP contribution in [0, 0.1) is 0 Å². The number of rotatable bonds is 24. The highest BCUT2D eigenvalue weighted by atomic mass is 33.5. The smallest absolute Gasteiger partial charge is 0.154 e. The molecule has 29 heavy (non-hydrogen) atoms. The molecule has 0 saturated heterocycles. The Morgan fingerprint density at radius 2 is 0.966 bits per heavy atom. The van der Waals surface area contributed by atoms with Crippen LogP contribution in [-0.2, 0) is 18.9 Å². The van der Waals surface area contributed by atoms with E-state index >= 15 is 0 Å². The Morgan fingerprint density at radius 3 is 1.31 bits per heavy atom. The summed E-state index contributed by atoms with van der Waals surface area (Å²) in [5, 5.41) is 0. The molecule has 0 heterocycles. The number of hydrogen-bond donors (Lipinski definition) is 0. The summed E-state index contributed by atoms with van der Waals surface area (Å²) in [7, 11) is 6.01. The molecule has 0 radical (unpaired) electrons. The standard InChI is InChI=1S/C20H46O4S3Si2/c1-5-21-19(22-6-2)17-28-15-11-9-13-25-27-26-14-10-12-16-29-18-20(23-7-3)24-8-4/h19-20H,5-18,28-29H2,1-4H3. The summed E-state index contributed by atoms with van der Waals surface area (Å²) < 4.78 is 22.5. The van der Waals surface area contributed by atoms with E-state index in [0.29, 0.717) is 0 Å². The molecule has 0 rings (SSSR count). The van der Waals surface area contributed by atoms with E-state index in [1.165, 1.54) is 61.4 Å². The summed E-state index contributed by atoms with van der Waals surface area (Å²) in [5.74, 6) is 2.57. The van der Waals surface area contributed by atoms with Gasteiger partial charge >= 0.3 is 0 Å². The van der Waals surface area contributed by atoms with E-state index in [1.807, 2.05) is 59.1 Å². The normalized spacial score (nSPS) is 12.6. The summed E-state index contributed by atoms with van der Waals surface area (Å²) in [6.07, 6.45) is 5.60. The van der Waals surface area contributed by atoms with E-state index in [2.05, 4.69) is 0 Å². The van der Waals surface area contributed by atoms with Crippen molar-refractivity contribution in [3.05, 3.63) is 0 Å². The van der Waals surface area contributed by atoms with E-state index in [4.69, 9.17) is 18.9 Å². The maximum atomic E-state index is 5.62. The topological polar surface area (TPSA) is 36.9 Å². The Bertz CT molecular complexity index is 281. The summed E-state index contributed by atoms with van der Waals surface area (Å²) in [4.78, 5) is 0. The molecule has 0 aromatic heterocycles. The van der Waals surface area contributed by atoms with Gasteiger partial charge in [0, 0.05) is 57.0 Å². The molecule has 4 nitrogen and oxygen atoms in total. The van der Waals surface area contributed by atoms with Gasteiger partial charge in [-0.2, -0.15) is 0 Å². The maximum Gasteiger partial charge on any atom is 0.154 e. The van der Waals surface area contributed by atoms with Crippen LogP contribution in [0.15, 0.2) is 0 Å². The minimum Gasteiger partial charge on any atom is -0.353 e. The molecule has 0 aliphatic rings. The zero-order valence-corrected chi connectivity index (χ0v) is 24.6. The van der Waals surface area contributed by atoms with Gasteiger partial charge in [0.1, 0.15) is 0 Å². The maximum absolute atomic E-state index is 5.62. The molecule has 0 aliphatic carbocycles. The highest BCUT2D eigenvalue weighted by Gasteiger charge is 2.08. The molecule has 0 bridgehead atoms. The molecule has 9 heteroatoms. The second-order valence-electron chi connectivity index (χ2n) is 6.80. The van der Waals surface area contributed by atoms with Crippen LogP contribution in [0.2, 0.25) is 24.2 Å². The van der Waals surface area contributed by atoms with Crippen LogP contribution in [-0.4, -0.2) is 69.6 Å². The van der Waals surface area contributed by atoms with E-state index in [1.54, 1.807) is 0 Å². The molecule has 0 aromatic carbocycles. The SMILES string of the molecule is CCOC(C[SiH2]CCCCSSSCCCC[SiH2]CC(OCC)OCC)OCC. The first-order valence-electron chi connectivity index (χ1n) is 11.7. The van der Waals surface area contributed by atoms with Crippen LogP contribution >= 0.6 is 31.4 Å². The predicted molar refractivity (Wildman–Crippen MR) is 141 cm³/mol. The van der Waals surface area contributed by atoms with Gasteiger partial charge in [0.15, 0.2) is 12.6 Å². The average Bonchev–Trinajstić information content (AvgIpc) is 2.71. The highest BCUT2D eigenvalue weighted by molar-refractivity contribution is 9.09. The molecule has 0 saturated carbocycles. The van der Waals surface area contributed by atoms with Crippen LogP contribution in [0.25, 0.3) is 0 Å². The van der Waals surface area contributed by atoms with Crippen LogP contribution in [0.5, 0.6) is 0 Å². The molecule has 0 unspecified atom stereocenters. The van der Waals surface area contributed by atoms with Gasteiger partial charge in [-0.1, -0.05) is 46.5 Å². The first kappa shape index (κ1) is 30.3. The van der Waals surface area contributed by atoms with Crippen molar-refractivity contribution in [2.45, 2.75) is 90.1 Å². The van der Waals surface area contributed by atoms with Crippen molar-refractivity contribution in [3.63, 3.8) is 0 Å². The summed E-state index contributed by atoms with van der Waals surface area (Å²) >= 11 is 0. The average molecular weight is 503 g/mol. The lowest BCUT2D eigenvalue weighted by atomic mass is 10.4. The third-order valence-electron chi connectivity index (χ3n) is 4.34. The zero-order chi connectivity index (χ0) is 21.4. The van der Waals surface area contributed by atoms with E-state index in [0.717, 1.165) is 26.4 Å². The lowest BCUT2D eigenvalue weighted by Gasteiger charge is -2.16. The van der Waals surface area contributed by atoms with Crippen molar-refractivity contribution >= 4 is 50.5 Å². The number of ether oxygens (including phenoxy) is 4. The van der Waals surface area contributed by atoms with Gasteiger partial charge in [0.2, 0.25) is 0 Å². The molecular formula is C20H46O4S3Si2. The minimum atomic E-state index is -0.0302. The first-order chi connectivity index (χ1) is 14.3. The second kappa shape index (κ2) is 25.6. The fourth-order valence-corrected chi connectivity index (χ4v) is 10.3. The third-order valence-corrected chi connectivity index (χ3v) is 12.5.